The summed E-state index contributed by atoms with van der Waals surface area (Å²) in [6.45, 7) is 8.72. The van der Waals surface area contributed by atoms with Crippen molar-refractivity contribution < 1.29 is 18.3 Å². The van der Waals surface area contributed by atoms with Crippen molar-refractivity contribution in [1.82, 2.24) is 9.21 Å². The van der Waals surface area contributed by atoms with Crippen LogP contribution >= 0.6 is 11.3 Å². The Balaban J connectivity index is 1.38. The van der Waals surface area contributed by atoms with Crippen molar-refractivity contribution in [3.8, 4) is 0 Å². The van der Waals surface area contributed by atoms with E-state index in [-0.39, 0.29) is 6.04 Å². The number of sulfonamides is 1. The Kier molecular flexibility index (Phi) is 6.30. The molecule has 0 spiro atoms. The van der Waals surface area contributed by atoms with Crippen molar-refractivity contribution in [2.45, 2.75) is 42.2 Å². The summed E-state index contributed by atoms with van der Waals surface area (Å²) in [6, 6.07) is 11.6. The summed E-state index contributed by atoms with van der Waals surface area (Å²) in [7, 11) is -3.48. The number of benzene rings is 1. The maximum Gasteiger partial charge on any atom is 0.252 e. The maximum absolute atomic E-state index is 13.2. The third kappa shape index (κ3) is 4.72. The molecule has 0 aliphatic carbocycles. The van der Waals surface area contributed by atoms with Gasteiger partial charge in [0.15, 0.2) is 0 Å². The number of hydrogen-bond donors (Lipinski definition) is 1. The van der Waals surface area contributed by atoms with Gasteiger partial charge < -0.3 is 14.7 Å². The van der Waals surface area contributed by atoms with E-state index in [9.17, 15) is 13.5 Å². The molecule has 3 saturated heterocycles. The van der Waals surface area contributed by atoms with E-state index in [0.29, 0.717) is 35.9 Å². The standard InChI is InChI=1S/C24H33N3O4S2/c1-24(2,28)19-5-7-20(8-6-19)27-11-10-26(33(29,30)23-4-3-13-32-23)16-21(27)15-25-14-18-9-12-31-22(18)17-25/h3-8,13,18,21-22,28H,9-12,14-17H2,1-2H3/t18-,21-,22+/m0/s1. The number of hydrogen-bond acceptors (Lipinski definition) is 7. The van der Waals surface area contributed by atoms with Crippen LogP contribution < -0.4 is 4.90 Å². The van der Waals surface area contributed by atoms with Gasteiger partial charge in [-0.05, 0) is 49.4 Å². The SMILES string of the molecule is CC(C)(O)c1ccc(N2CCN(S(=O)(=O)c3cccs3)C[C@@H]2CN2C[C@@H]3CCO[C@@H]3C2)cc1. The van der Waals surface area contributed by atoms with Crippen molar-refractivity contribution in [3.63, 3.8) is 0 Å². The van der Waals surface area contributed by atoms with Gasteiger partial charge >= 0.3 is 0 Å². The van der Waals surface area contributed by atoms with Crippen molar-refractivity contribution in [3.05, 3.63) is 47.3 Å². The van der Waals surface area contributed by atoms with Crippen LogP contribution in [0, 0.1) is 5.92 Å². The third-order valence-corrected chi connectivity index (χ3v) is 10.4. The van der Waals surface area contributed by atoms with Gasteiger partial charge in [-0.25, -0.2) is 8.42 Å². The second-order valence-electron chi connectivity index (χ2n) is 9.92. The van der Waals surface area contributed by atoms with Gasteiger partial charge in [-0.3, -0.25) is 4.90 Å². The van der Waals surface area contributed by atoms with Crippen LogP contribution in [0.4, 0.5) is 5.69 Å². The van der Waals surface area contributed by atoms with Crippen molar-refractivity contribution >= 4 is 27.0 Å². The van der Waals surface area contributed by atoms with Gasteiger partial charge in [-0.1, -0.05) is 18.2 Å². The van der Waals surface area contributed by atoms with E-state index >= 15 is 0 Å². The van der Waals surface area contributed by atoms with Crippen LogP contribution in [0.2, 0.25) is 0 Å². The smallest absolute Gasteiger partial charge is 0.252 e. The molecule has 9 heteroatoms. The first kappa shape index (κ1) is 23.3. The third-order valence-electron chi connectivity index (χ3n) is 7.19. The second-order valence-corrected chi connectivity index (χ2v) is 13.0. The predicted molar refractivity (Wildman–Crippen MR) is 130 cm³/mol. The highest BCUT2D eigenvalue weighted by Crippen LogP contribution is 2.32. The van der Waals surface area contributed by atoms with Gasteiger partial charge in [0.2, 0.25) is 0 Å². The van der Waals surface area contributed by atoms with E-state index in [0.717, 1.165) is 43.9 Å². The molecule has 0 saturated carbocycles. The lowest BCUT2D eigenvalue weighted by Crippen LogP contribution is -2.58. The van der Waals surface area contributed by atoms with Gasteiger partial charge in [0, 0.05) is 57.5 Å². The molecule has 0 bridgehead atoms. The highest BCUT2D eigenvalue weighted by molar-refractivity contribution is 7.91. The zero-order valence-corrected chi connectivity index (χ0v) is 20.9. The van der Waals surface area contributed by atoms with Crippen LogP contribution in [0.5, 0.6) is 0 Å². The van der Waals surface area contributed by atoms with Gasteiger partial charge in [-0.2, -0.15) is 4.31 Å². The monoisotopic (exact) mass is 491 g/mol. The Morgan fingerprint density at radius 2 is 1.91 bits per heavy atom. The number of fused-ring (bicyclic) bond motifs is 1. The van der Waals surface area contributed by atoms with E-state index in [1.54, 1.807) is 30.3 Å². The van der Waals surface area contributed by atoms with Crippen molar-refractivity contribution in [2.75, 3.05) is 50.8 Å². The number of rotatable bonds is 6. The fraction of sp³-hybridized carbons (Fsp3) is 0.583. The summed E-state index contributed by atoms with van der Waals surface area (Å²) in [5, 5.41) is 12.1. The molecule has 3 fully saturated rings. The zero-order chi connectivity index (χ0) is 23.2. The van der Waals surface area contributed by atoms with Crippen LogP contribution in [0.15, 0.2) is 46.0 Å². The molecule has 1 aromatic carbocycles. The predicted octanol–water partition coefficient (Wildman–Crippen LogP) is 2.58. The summed E-state index contributed by atoms with van der Waals surface area (Å²) in [4.78, 5) is 4.78. The highest BCUT2D eigenvalue weighted by atomic mass is 32.2. The lowest BCUT2D eigenvalue weighted by molar-refractivity contribution is 0.0786. The zero-order valence-electron chi connectivity index (χ0n) is 19.3. The molecule has 2 aromatic rings. The molecule has 5 rings (SSSR count). The normalized spacial score (nSPS) is 27.2. The van der Waals surface area contributed by atoms with Gasteiger partial charge in [-0.15, -0.1) is 11.3 Å². The molecule has 180 valence electrons. The fourth-order valence-electron chi connectivity index (χ4n) is 5.35. The summed E-state index contributed by atoms with van der Waals surface area (Å²) >= 11 is 1.28. The molecule has 3 atom stereocenters. The van der Waals surface area contributed by atoms with E-state index in [2.05, 4.69) is 9.80 Å². The minimum Gasteiger partial charge on any atom is -0.386 e. The Labute approximate surface area is 200 Å². The number of likely N-dealkylation sites (tertiary alicyclic amines) is 1. The number of thiophene rings is 1. The Morgan fingerprint density at radius 1 is 1.12 bits per heavy atom. The van der Waals surface area contributed by atoms with E-state index < -0.39 is 15.6 Å². The number of anilines is 1. The fourth-order valence-corrected chi connectivity index (χ4v) is 7.96. The second kappa shape index (κ2) is 8.94. The molecule has 3 aliphatic rings. The van der Waals surface area contributed by atoms with Crippen LogP contribution in [-0.2, 0) is 20.4 Å². The Bertz CT molecular complexity index is 1040. The summed E-state index contributed by atoms with van der Waals surface area (Å²) in [6.07, 6.45) is 1.44. The van der Waals surface area contributed by atoms with E-state index in [1.165, 1.54) is 11.3 Å². The summed E-state index contributed by atoms with van der Waals surface area (Å²) in [5.74, 6) is 0.596. The largest absolute Gasteiger partial charge is 0.386 e. The minimum atomic E-state index is -3.48. The van der Waals surface area contributed by atoms with E-state index in [4.69, 9.17) is 4.74 Å². The van der Waals surface area contributed by atoms with Gasteiger partial charge in [0.1, 0.15) is 4.21 Å². The molecule has 3 aliphatic heterocycles. The van der Waals surface area contributed by atoms with E-state index in [1.807, 2.05) is 29.6 Å². The van der Waals surface area contributed by atoms with Crippen molar-refractivity contribution in [2.24, 2.45) is 5.92 Å². The summed E-state index contributed by atoms with van der Waals surface area (Å²) in [5.41, 5.74) is 1.04. The Morgan fingerprint density at radius 3 is 2.58 bits per heavy atom. The summed E-state index contributed by atoms with van der Waals surface area (Å²) < 4.78 is 34.4. The van der Waals surface area contributed by atoms with Crippen LogP contribution in [0.1, 0.15) is 25.8 Å². The molecule has 4 heterocycles. The topological polar surface area (TPSA) is 73.3 Å². The van der Waals surface area contributed by atoms with Gasteiger partial charge in [0.05, 0.1) is 17.7 Å². The molecule has 1 aromatic heterocycles. The molecule has 0 radical (unpaired) electrons. The molecular weight excluding hydrogens is 458 g/mol. The number of ether oxygens (including phenoxy) is 1. The first-order valence-electron chi connectivity index (χ1n) is 11.7. The first-order valence-corrected chi connectivity index (χ1v) is 14.0. The quantitative estimate of drug-likeness (QED) is 0.670. The minimum absolute atomic E-state index is 0.0419. The average molecular weight is 492 g/mol. The van der Waals surface area contributed by atoms with Crippen LogP contribution in [-0.4, -0.2) is 80.8 Å². The molecule has 0 amide bonds. The van der Waals surface area contributed by atoms with Crippen LogP contribution in [0.3, 0.4) is 0 Å². The highest BCUT2D eigenvalue weighted by Gasteiger charge is 2.41. The first-order chi connectivity index (χ1) is 15.7. The average Bonchev–Trinajstić information content (AvgIpc) is 3.51. The van der Waals surface area contributed by atoms with Gasteiger partial charge in [0.25, 0.3) is 10.0 Å². The van der Waals surface area contributed by atoms with Crippen LogP contribution in [0.25, 0.3) is 0 Å². The molecule has 0 unspecified atom stereocenters. The Hall–Kier alpha value is -1.49. The van der Waals surface area contributed by atoms with Crippen molar-refractivity contribution in [1.29, 1.82) is 0 Å². The number of nitrogens with zero attached hydrogens (tertiary/aromatic N) is 3. The molecule has 33 heavy (non-hydrogen) atoms. The number of aliphatic hydroxyl groups is 1. The lowest BCUT2D eigenvalue weighted by Gasteiger charge is -2.43. The molecular formula is C24H33N3O4S2. The lowest BCUT2D eigenvalue weighted by atomic mass is 9.98. The molecule has 1 N–H and O–H groups in total. The number of piperazine rings is 1. The molecule has 7 nitrogen and oxygen atoms in total. The maximum atomic E-state index is 13.2.